The fourth-order valence-electron chi connectivity index (χ4n) is 2.73. The molecule has 0 saturated heterocycles. The fourth-order valence-corrected chi connectivity index (χ4v) is 3.20. The Kier molecular flexibility index (Phi) is 9.88. The number of rotatable bonds is 10. The second-order valence-corrected chi connectivity index (χ2v) is 8.39. The first-order valence-electron chi connectivity index (χ1n) is 9.21. The van der Waals surface area contributed by atoms with E-state index in [1.165, 1.54) is 6.42 Å². The summed E-state index contributed by atoms with van der Waals surface area (Å²) in [6.07, 6.45) is 3.27. The maximum absolute atomic E-state index is 12.2. The molecule has 0 aliphatic rings. The third-order valence-corrected chi connectivity index (χ3v) is 4.61. The summed E-state index contributed by atoms with van der Waals surface area (Å²) in [4.78, 5) is 26.0. The van der Waals surface area contributed by atoms with Crippen LogP contribution in [-0.2, 0) is 9.59 Å². The highest BCUT2D eigenvalue weighted by Crippen LogP contribution is 2.19. The Morgan fingerprint density at radius 1 is 1.12 bits per heavy atom. The van der Waals surface area contributed by atoms with E-state index in [-0.39, 0.29) is 30.9 Å². The maximum atomic E-state index is 12.2. The van der Waals surface area contributed by atoms with E-state index in [0.717, 1.165) is 28.6 Å². The molecular weight excluding hydrogens is 394 g/mol. The number of carbonyl (C=O) groups is 2. The van der Waals surface area contributed by atoms with Crippen molar-refractivity contribution in [3.63, 3.8) is 0 Å². The molecule has 1 atom stereocenters. The Bertz CT molecular complexity index is 605. The van der Waals surface area contributed by atoms with Gasteiger partial charge >= 0.3 is 0 Å². The number of hydrogen-bond donors (Lipinski definition) is 2. The zero-order chi connectivity index (χ0) is 19.7. The first-order chi connectivity index (χ1) is 12.2. The Balaban J connectivity index is 2.34. The van der Waals surface area contributed by atoms with Crippen molar-refractivity contribution in [2.75, 3.05) is 25.5 Å². The minimum absolute atomic E-state index is 0.0443. The van der Waals surface area contributed by atoms with Gasteiger partial charge in [0.1, 0.15) is 0 Å². The molecule has 26 heavy (non-hydrogen) atoms. The van der Waals surface area contributed by atoms with Crippen LogP contribution in [0.1, 0.15) is 45.6 Å². The average molecular weight is 426 g/mol. The lowest BCUT2D eigenvalue weighted by atomic mass is 10.0. The highest BCUT2D eigenvalue weighted by molar-refractivity contribution is 9.10. The molecule has 0 unspecified atom stereocenters. The summed E-state index contributed by atoms with van der Waals surface area (Å²) < 4.78 is 0.976. The Labute approximate surface area is 166 Å². The van der Waals surface area contributed by atoms with Crippen molar-refractivity contribution in [1.29, 1.82) is 0 Å². The van der Waals surface area contributed by atoms with Gasteiger partial charge in [0, 0.05) is 16.2 Å². The quantitative estimate of drug-likeness (QED) is 0.596. The number of benzene rings is 1. The van der Waals surface area contributed by atoms with Crippen LogP contribution in [0.15, 0.2) is 22.7 Å². The molecule has 1 rings (SSSR count). The van der Waals surface area contributed by atoms with E-state index in [1.807, 2.05) is 32.0 Å². The summed E-state index contributed by atoms with van der Waals surface area (Å²) in [6.45, 7) is 8.77. The van der Waals surface area contributed by atoms with Crippen molar-refractivity contribution < 1.29 is 9.59 Å². The topological polar surface area (TPSA) is 61.4 Å². The summed E-state index contributed by atoms with van der Waals surface area (Å²) in [5.74, 6) is 0.518. The van der Waals surface area contributed by atoms with Crippen LogP contribution < -0.4 is 10.6 Å². The highest BCUT2D eigenvalue weighted by atomic mass is 79.9. The van der Waals surface area contributed by atoms with E-state index >= 15 is 0 Å². The molecule has 6 heteroatoms. The van der Waals surface area contributed by atoms with Crippen LogP contribution in [0.25, 0.3) is 0 Å². The van der Waals surface area contributed by atoms with Crippen LogP contribution >= 0.6 is 15.9 Å². The molecule has 0 spiro atoms. The molecule has 0 aliphatic carbocycles. The predicted octanol–water partition coefficient (Wildman–Crippen LogP) is 3.96. The molecular formula is C20H32BrN3O2. The lowest BCUT2D eigenvalue weighted by molar-refractivity contribution is -0.123. The van der Waals surface area contributed by atoms with E-state index in [2.05, 4.69) is 40.4 Å². The zero-order valence-electron chi connectivity index (χ0n) is 16.6. The van der Waals surface area contributed by atoms with Gasteiger partial charge in [-0.1, -0.05) is 42.6 Å². The van der Waals surface area contributed by atoms with Gasteiger partial charge in [-0.25, -0.2) is 0 Å². The molecule has 146 valence electrons. The number of anilines is 1. The molecule has 0 fully saturated rings. The molecule has 0 heterocycles. The van der Waals surface area contributed by atoms with Crippen molar-refractivity contribution >= 4 is 33.4 Å². The molecule has 5 nitrogen and oxygen atoms in total. The van der Waals surface area contributed by atoms with Crippen LogP contribution in [0.5, 0.6) is 0 Å². The molecule has 0 bridgehead atoms. The van der Waals surface area contributed by atoms with Crippen molar-refractivity contribution in [3.05, 3.63) is 28.2 Å². The standard InChI is InChI=1S/C20H32BrN3O2/c1-14(2)7-6-8-16(4)22-19(25)12-24(5)13-20(26)23-18-10-9-17(21)11-15(18)3/h9-11,14,16H,6-8,12-13H2,1-5H3,(H,22,25)(H,23,26)/t16-/m0/s1. The third-order valence-electron chi connectivity index (χ3n) is 4.12. The number of nitrogens with zero attached hydrogens (tertiary/aromatic N) is 1. The monoisotopic (exact) mass is 425 g/mol. The van der Waals surface area contributed by atoms with Gasteiger partial charge in [-0.2, -0.15) is 0 Å². The smallest absolute Gasteiger partial charge is 0.238 e. The molecule has 1 aromatic rings. The average Bonchev–Trinajstić information content (AvgIpc) is 2.49. The third kappa shape index (κ3) is 9.34. The van der Waals surface area contributed by atoms with Crippen molar-refractivity contribution in [2.45, 2.75) is 53.0 Å². The molecule has 1 aromatic carbocycles. The van der Waals surface area contributed by atoms with Crippen LogP contribution in [0.2, 0.25) is 0 Å². The van der Waals surface area contributed by atoms with Crippen molar-refractivity contribution in [2.24, 2.45) is 5.92 Å². The highest BCUT2D eigenvalue weighted by Gasteiger charge is 2.13. The Morgan fingerprint density at radius 2 is 1.77 bits per heavy atom. The van der Waals surface area contributed by atoms with Gasteiger partial charge in [0.05, 0.1) is 13.1 Å². The Hall–Kier alpha value is -1.40. The summed E-state index contributed by atoms with van der Waals surface area (Å²) in [7, 11) is 1.77. The van der Waals surface area contributed by atoms with Crippen LogP contribution in [-0.4, -0.2) is 42.9 Å². The van der Waals surface area contributed by atoms with E-state index in [9.17, 15) is 9.59 Å². The van der Waals surface area contributed by atoms with Gasteiger partial charge in [0.25, 0.3) is 0 Å². The van der Waals surface area contributed by atoms with Gasteiger partial charge in [0.2, 0.25) is 11.8 Å². The second kappa shape index (κ2) is 11.3. The zero-order valence-corrected chi connectivity index (χ0v) is 18.1. The SMILES string of the molecule is Cc1cc(Br)ccc1NC(=O)CN(C)CC(=O)N[C@@H](C)CCCC(C)C. The number of halogens is 1. The number of hydrogen-bond acceptors (Lipinski definition) is 3. The minimum Gasteiger partial charge on any atom is -0.353 e. The minimum atomic E-state index is -0.129. The molecule has 2 N–H and O–H groups in total. The summed E-state index contributed by atoms with van der Waals surface area (Å²) in [5.41, 5.74) is 1.78. The normalized spacial score (nSPS) is 12.3. The fraction of sp³-hybridized carbons (Fsp3) is 0.600. The number of nitrogens with one attached hydrogen (secondary N) is 2. The molecule has 0 aromatic heterocycles. The molecule has 0 saturated carbocycles. The van der Waals surface area contributed by atoms with Crippen molar-refractivity contribution in [1.82, 2.24) is 10.2 Å². The maximum Gasteiger partial charge on any atom is 0.238 e. The van der Waals surface area contributed by atoms with E-state index in [1.54, 1.807) is 11.9 Å². The lowest BCUT2D eigenvalue weighted by Crippen LogP contribution is -2.42. The first-order valence-corrected chi connectivity index (χ1v) is 10.0. The largest absolute Gasteiger partial charge is 0.353 e. The van der Waals surface area contributed by atoms with E-state index in [0.29, 0.717) is 5.92 Å². The van der Waals surface area contributed by atoms with Gasteiger partial charge in [-0.05, 0) is 57.0 Å². The Morgan fingerprint density at radius 3 is 2.38 bits per heavy atom. The molecule has 0 radical (unpaired) electrons. The molecule has 2 amide bonds. The van der Waals surface area contributed by atoms with Crippen LogP contribution in [0.3, 0.4) is 0 Å². The number of aryl methyl sites for hydroxylation is 1. The van der Waals surface area contributed by atoms with Crippen LogP contribution in [0.4, 0.5) is 5.69 Å². The predicted molar refractivity (Wildman–Crippen MR) is 111 cm³/mol. The second-order valence-electron chi connectivity index (χ2n) is 7.47. The van der Waals surface area contributed by atoms with E-state index in [4.69, 9.17) is 0 Å². The van der Waals surface area contributed by atoms with Crippen LogP contribution in [0, 0.1) is 12.8 Å². The lowest BCUT2D eigenvalue weighted by Gasteiger charge is -2.19. The van der Waals surface area contributed by atoms with Gasteiger partial charge in [-0.3, -0.25) is 14.5 Å². The van der Waals surface area contributed by atoms with Crippen molar-refractivity contribution in [3.8, 4) is 0 Å². The number of amides is 2. The summed E-state index contributed by atoms with van der Waals surface area (Å²) in [5, 5.41) is 5.89. The number of carbonyl (C=O) groups excluding carboxylic acids is 2. The molecule has 0 aliphatic heterocycles. The van der Waals surface area contributed by atoms with E-state index < -0.39 is 0 Å². The first kappa shape index (κ1) is 22.6. The van der Waals surface area contributed by atoms with Gasteiger partial charge in [-0.15, -0.1) is 0 Å². The summed E-state index contributed by atoms with van der Waals surface area (Å²) in [6, 6.07) is 5.87. The van der Waals surface area contributed by atoms with Gasteiger partial charge in [0.15, 0.2) is 0 Å². The summed E-state index contributed by atoms with van der Waals surface area (Å²) >= 11 is 3.41. The van der Waals surface area contributed by atoms with Gasteiger partial charge < -0.3 is 10.6 Å². The number of likely N-dealkylation sites (N-methyl/N-ethyl adjacent to an activating group) is 1.